The molecular weight excluding hydrogens is 208 g/mol. The maximum atomic E-state index is 5.10. The zero-order valence-corrected chi connectivity index (χ0v) is 5.99. The molecule has 0 aliphatic rings. The van der Waals surface area contributed by atoms with Crippen LogP contribution in [0.15, 0.2) is 0 Å². The number of hydrogen-bond donors (Lipinski definition) is 5. The molecule has 0 aromatic heterocycles. The second kappa shape index (κ2) is 0.888. The Morgan fingerprint density at radius 3 is 0.857 bits per heavy atom. The molecule has 0 heterocycles. The van der Waals surface area contributed by atoms with Gasteiger partial charge in [-0.1, -0.05) is 0 Å². The van der Waals surface area contributed by atoms with Crippen LogP contribution < -0.4 is 22.4 Å². The first-order valence-corrected chi connectivity index (χ1v) is 7.93. The van der Waals surface area contributed by atoms with Crippen LogP contribution in [0.3, 0.4) is 0 Å². The molecule has 5 nitrogen and oxygen atoms in total. The maximum absolute atomic E-state index is 5.10. The fourth-order valence-electron chi connectivity index (χ4n) is 0. The van der Waals surface area contributed by atoms with Gasteiger partial charge in [0.1, 0.15) is 0 Å². The molecule has 0 saturated heterocycles. The SMILES string of the molecule is [NH2][Rh]([NH2])([NH2])([NH2])([NH2])[Cl]. The van der Waals surface area contributed by atoms with Crippen molar-refractivity contribution in [2.45, 2.75) is 0 Å². The third-order valence-corrected chi connectivity index (χ3v) is 0. The van der Waals surface area contributed by atoms with E-state index < -0.39 is 12.6 Å². The Balaban J connectivity index is 4.43. The summed E-state index contributed by atoms with van der Waals surface area (Å²) in [5, 5.41) is 0. The first kappa shape index (κ1) is 7.71. The number of halogens is 1. The van der Waals surface area contributed by atoms with Crippen molar-refractivity contribution in [1.29, 1.82) is 0 Å². The van der Waals surface area contributed by atoms with Crippen LogP contribution in [0.2, 0.25) is 0 Å². The van der Waals surface area contributed by atoms with Gasteiger partial charge in [-0.3, -0.25) is 0 Å². The summed E-state index contributed by atoms with van der Waals surface area (Å²) in [7, 11) is 5.10. The molecule has 0 saturated carbocycles. The molecule has 0 rings (SSSR count). The van der Waals surface area contributed by atoms with Gasteiger partial charge in [0.2, 0.25) is 0 Å². The van der Waals surface area contributed by atoms with Crippen LogP contribution in [0.5, 0.6) is 0 Å². The van der Waals surface area contributed by atoms with E-state index in [9.17, 15) is 0 Å². The van der Waals surface area contributed by atoms with E-state index >= 15 is 0 Å². The normalized spacial score (nSPS) is 23.1. The van der Waals surface area contributed by atoms with Crippen molar-refractivity contribution in [3.8, 4) is 0 Å². The minimum atomic E-state index is -5.01. The van der Waals surface area contributed by atoms with Gasteiger partial charge in [0, 0.05) is 0 Å². The molecule has 0 radical (unpaired) electrons. The molecule has 10 N–H and O–H groups in total. The van der Waals surface area contributed by atoms with Gasteiger partial charge < -0.3 is 0 Å². The van der Waals surface area contributed by atoms with E-state index in [1.165, 1.54) is 0 Å². The Bertz CT molecular complexity index is 66.6. The summed E-state index contributed by atoms with van der Waals surface area (Å²) in [6, 6.07) is 0. The topological polar surface area (TPSA) is 130 Å². The van der Waals surface area contributed by atoms with E-state index in [0.717, 1.165) is 0 Å². The third kappa shape index (κ3) is 293. The van der Waals surface area contributed by atoms with Crippen molar-refractivity contribution in [3.63, 3.8) is 0 Å². The average molecular weight is 218 g/mol. The summed E-state index contributed by atoms with van der Waals surface area (Å²) >= 11 is -5.01. The zero-order valence-electron chi connectivity index (χ0n) is 3.60. The van der Waals surface area contributed by atoms with Crippen LogP contribution >= 0.6 is 9.69 Å². The molecule has 7 heavy (non-hydrogen) atoms. The van der Waals surface area contributed by atoms with E-state index in [1.807, 2.05) is 0 Å². The average Bonchev–Trinajstić information content (AvgIpc) is 0.592. The van der Waals surface area contributed by atoms with Crippen molar-refractivity contribution in [2.24, 2.45) is 22.4 Å². The Hall–Kier alpha value is 0.713. The van der Waals surface area contributed by atoms with Gasteiger partial charge in [0.05, 0.1) is 0 Å². The Labute approximate surface area is 45.1 Å². The van der Waals surface area contributed by atoms with Gasteiger partial charge in [-0.25, -0.2) is 0 Å². The van der Waals surface area contributed by atoms with Crippen LogP contribution in [-0.2, 0) is 12.6 Å². The molecule has 0 unspecified atom stereocenters. The van der Waals surface area contributed by atoms with E-state index in [-0.39, 0.29) is 0 Å². The number of rotatable bonds is 0. The third-order valence-electron chi connectivity index (χ3n) is 0. The molecule has 0 fully saturated rings. The monoisotopic (exact) mass is 218 g/mol. The van der Waals surface area contributed by atoms with Crippen LogP contribution in [0.4, 0.5) is 0 Å². The second-order valence-corrected chi connectivity index (χ2v) is 13.0. The van der Waals surface area contributed by atoms with Gasteiger partial charge in [-0.2, -0.15) is 0 Å². The first-order chi connectivity index (χ1) is 2.45. The molecule has 51 valence electrons. The predicted molar refractivity (Wildman–Crippen MR) is 26.8 cm³/mol. The molecule has 0 aromatic carbocycles. The summed E-state index contributed by atoms with van der Waals surface area (Å²) in [6.45, 7) is 0. The van der Waals surface area contributed by atoms with Gasteiger partial charge in [-0.05, 0) is 0 Å². The van der Waals surface area contributed by atoms with E-state index in [4.69, 9.17) is 32.1 Å². The zero-order chi connectivity index (χ0) is 6.41. The molecule has 0 aliphatic heterocycles. The molecular formula is H10ClN5Rh. The summed E-state index contributed by atoms with van der Waals surface area (Å²) in [5.41, 5.74) is 0. The number of nitrogens with two attached hydrogens (primary N) is 5. The first-order valence-electron chi connectivity index (χ1n) is 1.09. The Kier molecular flexibility index (Phi) is 0.978. The van der Waals surface area contributed by atoms with Crippen LogP contribution in [0.1, 0.15) is 0 Å². The van der Waals surface area contributed by atoms with Gasteiger partial charge in [-0.15, -0.1) is 0 Å². The van der Waals surface area contributed by atoms with Gasteiger partial charge in [0.25, 0.3) is 0 Å². The Morgan fingerprint density at radius 2 is 0.857 bits per heavy atom. The van der Waals surface area contributed by atoms with Crippen LogP contribution in [0, 0.1) is 0 Å². The van der Waals surface area contributed by atoms with Gasteiger partial charge in [0.15, 0.2) is 0 Å². The summed E-state index contributed by atoms with van der Waals surface area (Å²) < 4.78 is 24.4. The molecule has 0 aromatic rings. The van der Waals surface area contributed by atoms with Crippen LogP contribution in [-0.4, -0.2) is 0 Å². The molecule has 0 spiro atoms. The van der Waals surface area contributed by atoms with E-state index in [0.29, 0.717) is 0 Å². The molecule has 0 aliphatic carbocycles. The standard InChI is InChI=1S/ClH.5H2N.Rh/h1H;5*1H2;/q;5*-1;+6/p-1. The van der Waals surface area contributed by atoms with Crippen molar-refractivity contribution in [1.82, 2.24) is 0 Å². The van der Waals surface area contributed by atoms with E-state index in [1.54, 1.807) is 0 Å². The van der Waals surface area contributed by atoms with Crippen molar-refractivity contribution in [3.05, 3.63) is 0 Å². The number of hydrogen-bond acceptors (Lipinski definition) is 5. The minimum absolute atomic E-state index is 4.89. The van der Waals surface area contributed by atoms with Crippen molar-refractivity contribution < 1.29 is 12.6 Å². The van der Waals surface area contributed by atoms with Crippen molar-refractivity contribution >= 4 is 9.69 Å². The second-order valence-electron chi connectivity index (χ2n) is 1.47. The predicted octanol–water partition coefficient (Wildman–Crippen LogP) is -2.27. The Morgan fingerprint density at radius 1 is 0.857 bits per heavy atom. The van der Waals surface area contributed by atoms with Crippen molar-refractivity contribution in [2.75, 3.05) is 0 Å². The molecule has 0 amide bonds. The van der Waals surface area contributed by atoms with Crippen LogP contribution in [0.25, 0.3) is 0 Å². The fourth-order valence-corrected chi connectivity index (χ4v) is 0. The summed E-state index contributed by atoms with van der Waals surface area (Å²) in [4.78, 5) is 0. The molecule has 0 atom stereocenters. The molecule has 0 bridgehead atoms. The summed E-state index contributed by atoms with van der Waals surface area (Å²) in [6.07, 6.45) is 0. The van der Waals surface area contributed by atoms with Gasteiger partial charge >= 0.3 is 44.7 Å². The molecule has 7 heteroatoms. The fraction of sp³-hybridized carbons (Fsp3) is 0. The van der Waals surface area contributed by atoms with E-state index in [2.05, 4.69) is 0 Å². The quantitative estimate of drug-likeness (QED) is 0.293. The summed E-state index contributed by atoms with van der Waals surface area (Å²) in [5.74, 6) is 0.